The molecule has 2 rings (SSSR count). The van der Waals surface area contributed by atoms with Crippen LogP contribution in [0.15, 0.2) is 42.5 Å². The Morgan fingerprint density at radius 2 is 1.62 bits per heavy atom. The third-order valence-corrected chi connectivity index (χ3v) is 3.53. The number of benzene rings is 2. The Kier molecular flexibility index (Phi) is 4.91. The van der Waals surface area contributed by atoms with Crippen molar-refractivity contribution in [3.05, 3.63) is 65.2 Å². The molecule has 0 saturated carbocycles. The Morgan fingerprint density at radius 1 is 0.952 bits per heavy atom. The van der Waals surface area contributed by atoms with Crippen molar-refractivity contribution in [2.45, 2.75) is 25.9 Å². The molecule has 0 bridgehead atoms. The monoisotopic (exact) mass is 291 g/mol. The first-order valence-electron chi connectivity index (χ1n) is 6.87. The maximum atomic E-state index is 13.8. The van der Waals surface area contributed by atoms with Gasteiger partial charge in [0.05, 0.1) is 7.11 Å². The lowest BCUT2D eigenvalue weighted by Gasteiger charge is -2.22. The number of para-hydroxylation sites is 1. The second kappa shape index (κ2) is 6.68. The fourth-order valence-electron chi connectivity index (χ4n) is 2.43. The molecule has 0 amide bonds. The minimum absolute atomic E-state index is 0.0567. The van der Waals surface area contributed by atoms with Gasteiger partial charge in [-0.3, -0.25) is 0 Å². The van der Waals surface area contributed by atoms with Crippen LogP contribution in [0.2, 0.25) is 0 Å². The summed E-state index contributed by atoms with van der Waals surface area (Å²) in [6.45, 7) is 3.77. The van der Waals surface area contributed by atoms with E-state index in [-0.39, 0.29) is 12.1 Å². The second-order valence-corrected chi connectivity index (χ2v) is 5.02. The molecule has 1 N–H and O–H groups in total. The first-order valence-corrected chi connectivity index (χ1v) is 6.87. The molecule has 0 aliphatic heterocycles. The fourth-order valence-corrected chi connectivity index (χ4v) is 2.43. The fraction of sp³-hybridized carbons (Fsp3) is 0.294. The van der Waals surface area contributed by atoms with Crippen molar-refractivity contribution < 1.29 is 13.5 Å². The highest BCUT2D eigenvalue weighted by Crippen LogP contribution is 2.27. The number of ether oxygens (including phenoxy) is 1. The van der Waals surface area contributed by atoms with Crippen LogP contribution in [0.3, 0.4) is 0 Å². The topological polar surface area (TPSA) is 21.3 Å². The minimum Gasteiger partial charge on any atom is -0.496 e. The van der Waals surface area contributed by atoms with E-state index >= 15 is 0 Å². The Bertz CT molecular complexity index is 615. The highest BCUT2D eigenvalue weighted by molar-refractivity contribution is 5.35. The normalized spacial score (nSPS) is 13.8. The van der Waals surface area contributed by atoms with E-state index in [0.29, 0.717) is 5.56 Å². The van der Waals surface area contributed by atoms with Crippen molar-refractivity contribution in [2.24, 2.45) is 0 Å². The zero-order chi connectivity index (χ0) is 15.4. The summed E-state index contributed by atoms with van der Waals surface area (Å²) in [7, 11) is 1.61. The Hall–Kier alpha value is -1.94. The van der Waals surface area contributed by atoms with Crippen molar-refractivity contribution in [3.63, 3.8) is 0 Å². The van der Waals surface area contributed by atoms with Crippen LogP contribution in [0, 0.1) is 11.6 Å². The molecule has 112 valence electrons. The first-order chi connectivity index (χ1) is 10.0. The lowest BCUT2D eigenvalue weighted by molar-refractivity contribution is 0.395. The molecule has 0 aromatic heterocycles. The number of methoxy groups -OCH3 is 1. The van der Waals surface area contributed by atoms with Crippen LogP contribution in [-0.4, -0.2) is 7.11 Å². The van der Waals surface area contributed by atoms with Crippen LogP contribution in [-0.2, 0) is 0 Å². The largest absolute Gasteiger partial charge is 0.496 e. The standard InChI is InChI=1S/C17H19F2NO/c1-11(14-6-4-5-7-17(14)21-3)20-12(2)15-10-13(18)8-9-16(15)19/h4-12,20H,1-3H3/t11-,12?/m1/s1. The summed E-state index contributed by atoms with van der Waals surface area (Å²) in [6, 6.07) is 10.8. The van der Waals surface area contributed by atoms with E-state index in [9.17, 15) is 8.78 Å². The smallest absolute Gasteiger partial charge is 0.128 e. The molecular formula is C17H19F2NO. The summed E-state index contributed by atoms with van der Waals surface area (Å²) in [6.07, 6.45) is 0. The van der Waals surface area contributed by atoms with E-state index in [2.05, 4.69) is 5.32 Å². The third kappa shape index (κ3) is 3.58. The van der Waals surface area contributed by atoms with E-state index in [1.54, 1.807) is 7.11 Å². The predicted molar refractivity (Wildman–Crippen MR) is 79.3 cm³/mol. The Balaban J connectivity index is 2.18. The van der Waals surface area contributed by atoms with Crippen molar-refractivity contribution in [1.29, 1.82) is 0 Å². The molecule has 2 nitrogen and oxygen atoms in total. The van der Waals surface area contributed by atoms with Gasteiger partial charge < -0.3 is 10.1 Å². The van der Waals surface area contributed by atoms with Crippen LogP contribution in [0.25, 0.3) is 0 Å². The molecule has 0 saturated heterocycles. The molecule has 1 unspecified atom stereocenters. The van der Waals surface area contributed by atoms with Crippen LogP contribution < -0.4 is 10.1 Å². The van der Waals surface area contributed by atoms with Gasteiger partial charge in [0, 0.05) is 23.2 Å². The maximum Gasteiger partial charge on any atom is 0.128 e. The average Bonchev–Trinajstić information content (AvgIpc) is 2.49. The molecule has 0 aliphatic carbocycles. The van der Waals surface area contributed by atoms with Crippen molar-refractivity contribution in [2.75, 3.05) is 7.11 Å². The molecule has 0 heterocycles. The van der Waals surface area contributed by atoms with E-state index in [1.807, 2.05) is 38.1 Å². The molecule has 0 aliphatic rings. The summed E-state index contributed by atoms with van der Waals surface area (Å²) in [4.78, 5) is 0. The molecule has 2 aromatic rings. The van der Waals surface area contributed by atoms with Crippen LogP contribution in [0.1, 0.15) is 37.1 Å². The van der Waals surface area contributed by atoms with Crippen molar-refractivity contribution in [3.8, 4) is 5.75 Å². The predicted octanol–water partition coefficient (Wildman–Crippen LogP) is 4.39. The quantitative estimate of drug-likeness (QED) is 0.882. The molecule has 4 heteroatoms. The second-order valence-electron chi connectivity index (χ2n) is 5.02. The number of hydrogen-bond donors (Lipinski definition) is 1. The molecular weight excluding hydrogens is 272 g/mol. The van der Waals surface area contributed by atoms with E-state index in [0.717, 1.165) is 23.4 Å². The molecule has 21 heavy (non-hydrogen) atoms. The number of halogens is 2. The van der Waals surface area contributed by atoms with E-state index in [1.165, 1.54) is 6.07 Å². The van der Waals surface area contributed by atoms with Gasteiger partial charge in [-0.1, -0.05) is 18.2 Å². The average molecular weight is 291 g/mol. The highest BCUT2D eigenvalue weighted by atomic mass is 19.1. The summed E-state index contributed by atoms with van der Waals surface area (Å²) in [5.41, 5.74) is 1.29. The first kappa shape index (κ1) is 15.4. The van der Waals surface area contributed by atoms with Crippen molar-refractivity contribution in [1.82, 2.24) is 5.32 Å². The highest BCUT2D eigenvalue weighted by Gasteiger charge is 2.17. The summed E-state index contributed by atoms with van der Waals surface area (Å²) in [5.74, 6) is -0.0852. The lowest BCUT2D eigenvalue weighted by Crippen LogP contribution is -2.23. The van der Waals surface area contributed by atoms with Gasteiger partial charge >= 0.3 is 0 Å². The van der Waals surface area contributed by atoms with Gasteiger partial charge in [-0.2, -0.15) is 0 Å². The number of hydrogen-bond acceptors (Lipinski definition) is 2. The van der Waals surface area contributed by atoms with Gasteiger partial charge in [-0.15, -0.1) is 0 Å². The number of rotatable bonds is 5. The molecule has 0 fully saturated rings. The van der Waals surface area contributed by atoms with Gasteiger partial charge in [0.2, 0.25) is 0 Å². The molecule has 2 atom stereocenters. The van der Waals surface area contributed by atoms with E-state index in [4.69, 9.17) is 4.74 Å². The molecule has 0 spiro atoms. The summed E-state index contributed by atoms with van der Waals surface area (Å²) < 4.78 is 32.4. The van der Waals surface area contributed by atoms with Gasteiger partial charge in [-0.05, 0) is 38.1 Å². The zero-order valence-electron chi connectivity index (χ0n) is 12.4. The SMILES string of the molecule is COc1ccccc1[C@@H](C)NC(C)c1cc(F)ccc1F. The summed E-state index contributed by atoms with van der Waals surface area (Å²) >= 11 is 0. The van der Waals surface area contributed by atoms with Gasteiger partial charge in [0.1, 0.15) is 17.4 Å². The van der Waals surface area contributed by atoms with Gasteiger partial charge in [-0.25, -0.2) is 8.78 Å². The maximum absolute atomic E-state index is 13.8. The lowest BCUT2D eigenvalue weighted by atomic mass is 10.0. The van der Waals surface area contributed by atoms with Crippen LogP contribution in [0.5, 0.6) is 5.75 Å². The Labute approximate surface area is 123 Å². The molecule has 0 radical (unpaired) electrons. The van der Waals surface area contributed by atoms with Gasteiger partial charge in [0.15, 0.2) is 0 Å². The van der Waals surface area contributed by atoms with Crippen molar-refractivity contribution >= 4 is 0 Å². The van der Waals surface area contributed by atoms with E-state index < -0.39 is 11.6 Å². The molecule has 2 aromatic carbocycles. The zero-order valence-corrected chi connectivity index (χ0v) is 12.4. The van der Waals surface area contributed by atoms with Crippen LogP contribution >= 0.6 is 0 Å². The van der Waals surface area contributed by atoms with Gasteiger partial charge in [0.25, 0.3) is 0 Å². The third-order valence-electron chi connectivity index (χ3n) is 3.53. The van der Waals surface area contributed by atoms with Crippen LogP contribution in [0.4, 0.5) is 8.78 Å². The summed E-state index contributed by atoms with van der Waals surface area (Å²) in [5, 5.41) is 3.27. The number of nitrogens with one attached hydrogen (secondary N) is 1. The minimum atomic E-state index is -0.440. The Morgan fingerprint density at radius 3 is 2.33 bits per heavy atom.